The summed E-state index contributed by atoms with van der Waals surface area (Å²) in [6.45, 7) is 6.84. The Kier molecular flexibility index (Phi) is 7.44. The number of methoxy groups -OCH3 is 1. The molecule has 2 atom stereocenters. The highest BCUT2D eigenvalue weighted by Crippen LogP contribution is 2.34. The second-order valence-electron chi connectivity index (χ2n) is 7.53. The Balaban J connectivity index is 1.84. The van der Waals surface area contributed by atoms with E-state index in [-0.39, 0.29) is 23.2 Å². The number of hydrogen-bond donors (Lipinski definition) is 2. The first-order valence-corrected chi connectivity index (χ1v) is 11.4. The zero-order valence-corrected chi connectivity index (χ0v) is 20.3. The van der Waals surface area contributed by atoms with Gasteiger partial charge in [0.25, 0.3) is 17.5 Å². The van der Waals surface area contributed by atoms with Crippen LogP contribution in [0.4, 0.5) is 14.5 Å². The van der Waals surface area contributed by atoms with Crippen LogP contribution in [0.1, 0.15) is 39.1 Å². The number of aryl methyl sites for hydroxylation is 1. The topological polar surface area (TPSA) is 80.3 Å². The average Bonchev–Trinajstić information content (AvgIpc) is 3.12. The van der Waals surface area contributed by atoms with Crippen molar-refractivity contribution < 1.29 is 23.1 Å². The van der Waals surface area contributed by atoms with E-state index in [2.05, 4.69) is 22.2 Å². The molecule has 0 radical (unpaired) electrons. The average molecular weight is 492 g/mol. The number of carbonyl (C=O) groups is 2. The van der Waals surface area contributed by atoms with Crippen LogP contribution < -0.4 is 15.4 Å². The molecule has 0 aliphatic heterocycles. The third-order valence-electron chi connectivity index (χ3n) is 4.89. The molecular formula is C23H24F2N3O3PS. The van der Waals surface area contributed by atoms with Gasteiger partial charge < -0.3 is 15.4 Å². The van der Waals surface area contributed by atoms with Crippen molar-refractivity contribution in [1.29, 1.82) is 0 Å². The van der Waals surface area contributed by atoms with Crippen molar-refractivity contribution in [2.24, 2.45) is 0 Å². The van der Waals surface area contributed by atoms with E-state index in [1.165, 1.54) is 27.7 Å². The van der Waals surface area contributed by atoms with Crippen LogP contribution in [0.2, 0.25) is 0 Å². The summed E-state index contributed by atoms with van der Waals surface area (Å²) in [7, 11) is 2.91. The van der Waals surface area contributed by atoms with Gasteiger partial charge in [-0.05, 0) is 50.1 Å². The lowest BCUT2D eigenvalue weighted by molar-refractivity contribution is 0.0934. The van der Waals surface area contributed by atoms with Crippen molar-refractivity contribution in [3.63, 3.8) is 0 Å². The molecule has 10 heteroatoms. The van der Waals surface area contributed by atoms with Crippen molar-refractivity contribution in [3.05, 3.63) is 64.7 Å². The summed E-state index contributed by atoms with van der Waals surface area (Å²) in [5, 5.41) is 6.27. The van der Waals surface area contributed by atoms with Gasteiger partial charge in [0.2, 0.25) is 0 Å². The predicted molar refractivity (Wildman–Crippen MR) is 131 cm³/mol. The van der Waals surface area contributed by atoms with Crippen molar-refractivity contribution >= 4 is 48.3 Å². The number of halogens is 2. The van der Waals surface area contributed by atoms with Gasteiger partial charge >= 0.3 is 0 Å². The number of benzene rings is 2. The Labute approximate surface area is 196 Å². The molecule has 3 aromatic rings. The molecule has 2 unspecified atom stereocenters. The standard InChI is InChI=1S/C23H24F2N3O3PS/c1-12(23(24,25)32)11-13(2)26-21(29)15-7-5-6-8-16(15)28-22(30)19-18(31-4)10-9-17-20(19)33-14(3)27-17/h5-10,13H,1,11,32H2,2-4H3,(H,26,29)(H,28,30). The van der Waals surface area contributed by atoms with Gasteiger partial charge in [0.05, 0.1) is 33.6 Å². The van der Waals surface area contributed by atoms with Crippen LogP contribution in [0.15, 0.2) is 48.6 Å². The molecule has 0 spiro atoms. The second-order valence-corrected chi connectivity index (χ2v) is 9.46. The fraction of sp³-hybridized carbons (Fsp3) is 0.261. The van der Waals surface area contributed by atoms with Gasteiger partial charge in [-0.3, -0.25) is 9.59 Å². The van der Waals surface area contributed by atoms with E-state index in [1.54, 1.807) is 43.3 Å². The third-order valence-corrected chi connectivity index (χ3v) is 6.31. The normalized spacial score (nSPS) is 12.3. The number of rotatable bonds is 8. The van der Waals surface area contributed by atoms with E-state index in [0.29, 0.717) is 21.5 Å². The van der Waals surface area contributed by atoms with Crippen LogP contribution in [0.5, 0.6) is 5.75 Å². The minimum atomic E-state index is -3.11. The summed E-state index contributed by atoms with van der Waals surface area (Å²) in [4.78, 5) is 30.5. The van der Waals surface area contributed by atoms with Crippen LogP contribution >= 0.6 is 20.6 Å². The molecule has 33 heavy (non-hydrogen) atoms. The van der Waals surface area contributed by atoms with Gasteiger partial charge in [-0.2, -0.15) is 8.78 Å². The third kappa shape index (κ3) is 5.72. The molecule has 2 N–H and O–H groups in total. The van der Waals surface area contributed by atoms with Gasteiger partial charge in [-0.1, -0.05) is 28.0 Å². The predicted octanol–water partition coefficient (Wildman–Crippen LogP) is 5.40. The summed E-state index contributed by atoms with van der Waals surface area (Å²) in [5.41, 5.74) is -1.94. The summed E-state index contributed by atoms with van der Waals surface area (Å²) < 4.78 is 32.8. The number of hydrogen-bond acceptors (Lipinski definition) is 5. The van der Waals surface area contributed by atoms with Crippen LogP contribution in [0.3, 0.4) is 0 Å². The number of thiazole rings is 1. The number of anilines is 1. The Bertz CT molecular complexity index is 1220. The van der Waals surface area contributed by atoms with Crippen molar-refractivity contribution in [1.82, 2.24) is 10.3 Å². The Morgan fingerprint density at radius 2 is 1.94 bits per heavy atom. The molecule has 0 saturated carbocycles. The highest BCUT2D eigenvalue weighted by atomic mass is 32.1. The summed E-state index contributed by atoms with van der Waals surface area (Å²) >= 11 is 1.37. The molecule has 0 bridgehead atoms. The molecule has 1 heterocycles. The maximum Gasteiger partial charge on any atom is 0.279 e. The maximum absolute atomic E-state index is 13.4. The molecule has 0 saturated heterocycles. The summed E-state index contributed by atoms with van der Waals surface area (Å²) in [6.07, 6.45) is -0.0965. The first-order chi connectivity index (χ1) is 15.5. The Morgan fingerprint density at radius 1 is 1.24 bits per heavy atom. The van der Waals surface area contributed by atoms with Crippen LogP contribution in [0.25, 0.3) is 10.2 Å². The zero-order chi connectivity index (χ0) is 24.3. The summed E-state index contributed by atoms with van der Waals surface area (Å²) in [5.74, 6) is -0.571. The second kappa shape index (κ2) is 9.93. The smallest absolute Gasteiger partial charge is 0.279 e. The lowest BCUT2D eigenvalue weighted by Crippen LogP contribution is -2.34. The first-order valence-electron chi connectivity index (χ1n) is 10.0. The van der Waals surface area contributed by atoms with Gasteiger partial charge in [-0.15, -0.1) is 11.3 Å². The molecule has 0 aliphatic rings. The number of nitrogens with zero attached hydrogens (tertiary/aromatic N) is 1. The van der Waals surface area contributed by atoms with E-state index in [4.69, 9.17) is 4.74 Å². The minimum Gasteiger partial charge on any atom is -0.496 e. The van der Waals surface area contributed by atoms with Crippen molar-refractivity contribution in [2.75, 3.05) is 12.4 Å². The molecule has 0 fully saturated rings. The van der Waals surface area contributed by atoms with Gasteiger partial charge in [0.15, 0.2) is 0 Å². The lowest BCUT2D eigenvalue weighted by atomic mass is 10.1. The molecule has 3 rings (SSSR count). The number of fused-ring (bicyclic) bond motifs is 1. The van der Waals surface area contributed by atoms with E-state index in [9.17, 15) is 18.4 Å². The van der Waals surface area contributed by atoms with Crippen molar-refractivity contribution in [2.45, 2.75) is 32.0 Å². The van der Waals surface area contributed by atoms with Crippen LogP contribution in [-0.4, -0.2) is 35.6 Å². The van der Waals surface area contributed by atoms with E-state index in [0.717, 1.165) is 5.01 Å². The fourth-order valence-corrected chi connectivity index (χ4v) is 4.37. The quantitative estimate of drug-likeness (QED) is 0.327. The van der Waals surface area contributed by atoms with E-state index < -0.39 is 23.5 Å². The largest absolute Gasteiger partial charge is 0.496 e. The number of para-hydroxylation sites is 1. The zero-order valence-electron chi connectivity index (χ0n) is 18.4. The van der Waals surface area contributed by atoms with Crippen molar-refractivity contribution in [3.8, 4) is 5.75 Å². The molecule has 2 amide bonds. The van der Waals surface area contributed by atoms with Gasteiger partial charge in [-0.25, -0.2) is 4.98 Å². The molecule has 174 valence electrons. The number of aromatic nitrogens is 1. The highest BCUT2D eigenvalue weighted by Gasteiger charge is 2.27. The number of nitrogens with one attached hydrogen (secondary N) is 2. The molecule has 1 aromatic heterocycles. The van der Waals surface area contributed by atoms with Gasteiger partial charge in [0, 0.05) is 6.04 Å². The number of ether oxygens (including phenoxy) is 1. The molecular weight excluding hydrogens is 467 g/mol. The van der Waals surface area contributed by atoms with Crippen LogP contribution in [-0.2, 0) is 0 Å². The number of amides is 2. The maximum atomic E-state index is 13.4. The number of carbonyl (C=O) groups excluding carboxylic acids is 2. The number of alkyl halides is 2. The fourth-order valence-electron chi connectivity index (χ4n) is 3.30. The Morgan fingerprint density at radius 3 is 2.61 bits per heavy atom. The molecule has 0 aliphatic carbocycles. The molecule has 6 nitrogen and oxygen atoms in total. The van der Waals surface area contributed by atoms with E-state index in [1.807, 2.05) is 6.92 Å². The summed E-state index contributed by atoms with van der Waals surface area (Å²) in [6, 6.07) is 9.34. The van der Waals surface area contributed by atoms with E-state index >= 15 is 0 Å². The van der Waals surface area contributed by atoms with Gasteiger partial charge in [0.1, 0.15) is 11.3 Å². The minimum absolute atomic E-state index is 0.0965. The monoisotopic (exact) mass is 491 g/mol. The Hall–Kier alpha value is -2.90. The lowest BCUT2D eigenvalue weighted by Gasteiger charge is -2.20. The van der Waals surface area contributed by atoms with Crippen LogP contribution in [0, 0.1) is 6.92 Å². The SMILES string of the molecule is C=C(CC(C)NC(=O)c1ccccc1NC(=O)c1c(OC)ccc2nc(C)sc12)C(F)(F)P. The molecule has 2 aromatic carbocycles. The first kappa shape index (κ1) is 24.7. The highest BCUT2D eigenvalue weighted by molar-refractivity contribution is 7.19.